The Labute approximate surface area is 116 Å². The number of aryl methyl sites for hydroxylation is 2. The fourth-order valence-electron chi connectivity index (χ4n) is 2.08. The minimum absolute atomic E-state index is 0.0614. The molecule has 0 fully saturated rings. The normalized spacial score (nSPS) is 12.2. The second-order valence-corrected chi connectivity index (χ2v) is 4.79. The lowest BCUT2D eigenvalue weighted by Gasteiger charge is -2.15. The zero-order chi connectivity index (χ0) is 14.7. The topological polar surface area (TPSA) is 29.5 Å². The number of benzene rings is 2. The predicted molar refractivity (Wildman–Crippen MR) is 72.7 cm³/mol. The van der Waals surface area contributed by atoms with Crippen molar-refractivity contribution in [1.82, 2.24) is 0 Å². The first kappa shape index (κ1) is 14.5. The fourth-order valence-corrected chi connectivity index (χ4v) is 2.08. The van der Waals surface area contributed by atoms with Crippen molar-refractivity contribution in [2.24, 2.45) is 0 Å². The molecular formula is C16H16F2O2. The molecule has 20 heavy (non-hydrogen) atoms. The summed E-state index contributed by atoms with van der Waals surface area (Å²) in [5.41, 5.74) is 2.80. The number of hydrogen-bond acceptors (Lipinski definition) is 2. The first-order chi connectivity index (χ1) is 9.45. The van der Waals surface area contributed by atoms with Crippen molar-refractivity contribution in [2.75, 3.05) is 6.61 Å². The first-order valence-electron chi connectivity index (χ1n) is 6.30. The predicted octanol–water partition coefficient (Wildman–Crippen LogP) is 3.69. The molecule has 0 bridgehead atoms. The van der Waals surface area contributed by atoms with Gasteiger partial charge in [-0.1, -0.05) is 23.8 Å². The molecule has 2 nitrogen and oxygen atoms in total. The summed E-state index contributed by atoms with van der Waals surface area (Å²) in [5.74, 6) is -1.35. The van der Waals surface area contributed by atoms with E-state index < -0.39 is 17.7 Å². The third kappa shape index (κ3) is 3.54. The number of rotatable bonds is 4. The molecule has 0 saturated heterocycles. The van der Waals surface area contributed by atoms with Gasteiger partial charge in [-0.2, -0.15) is 0 Å². The highest BCUT2D eigenvalue weighted by atomic mass is 19.1. The van der Waals surface area contributed by atoms with Crippen LogP contribution in [-0.2, 0) is 0 Å². The van der Waals surface area contributed by atoms with E-state index in [1.807, 2.05) is 32.0 Å². The van der Waals surface area contributed by atoms with Crippen molar-refractivity contribution < 1.29 is 18.6 Å². The van der Waals surface area contributed by atoms with Crippen LogP contribution in [0.5, 0.6) is 5.75 Å². The van der Waals surface area contributed by atoms with Crippen LogP contribution in [-0.4, -0.2) is 11.7 Å². The van der Waals surface area contributed by atoms with Crippen molar-refractivity contribution in [3.8, 4) is 5.75 Å². The minimum Gasteiger partial charge on any atom is -0.490 e. The number of halogens is 2. The van der Waals surface area contributed by atoms with Crippen LogP contribution in [0, 0.1) is 25.5 Å². The lowest BCUT2D eigenvalue weighted by atomic mass is 10.0. The maximum atomic E-state index is 13.0. The maximum absolute atomic E-state index is 13.0. The second kappa shape index (κ2) is 6.01. The van der Waals surface area contributed by atoms with Gasteiger partial charge in [-0.25, -0.2) is 8.78 Å². The van der Waals surface area contributed by atoms with Crippen molar-refractivity contribution >= 4 is 0 Å². The van der Waals surface area contributed by atoms with Gasteiger partial charge in [-0.15, -0.1) is 0 Å². The van der Waals surface area contributed by atoms with Gasteiger partial charge >= 0.3 is 0 Å². The van der Waals surface area contributed by atoms with Gasteiger partial charge in [0, 0.05) is 18.2 Å². The summed E-state index contributed by atoms with van der Waals surface area (Å²) in [5, 5.41) is 10.1. The molecule has 0 aliphatic heterocycles. The van der Waals surface area contributed by atoms with E-state index in [1.165, 1.54) is 0 Å². The summed E-state index contributed by atoms with van der Waals surface area (Å²) in [6.45, 7) is 3.80. The summed E-state index contributed by atoms with van der Waals surface area (Å²) < 4.78 is 31.2. The molecule has 0 saturated carbocycles. The van der Waals surface area contributed by atoms with Crippen molar-refractivity contribution in [1.29, 1.82) is 0 Å². The van der Waals surface area contributed by atoms with Gasteiger partial charge in [0.05, 0.1) is 0 Å². The van der Waals surface area contributed by atoms with Crippen molar-refractivity contribution in [2.45, 2.75) is 20.0 Å². The number of hydrogen-bond donors (Lipinski definition) is 1. The Balaban J connectivity index is 2.06. The van der Waals surface area contributed by atoms with Crippen LogP contribution >= 0.6 is 0 Å². The van der Waals surface area contributed by atoms with Crippen LogP contribution in [0.25, 0.3) is 0 Å². The molecule has 106 valence electrons. The standard InChI is InChI=1S/C16H16F2O2/c1-10-3-4-15(11(2)5-10)16(19)9-20-14-7-12(17)6-13(18)8-14/h3-8,16,19H,9H2,1-2H3. The Bertz CT molecular complexity index is 591. The molecule has 0 radical (unpaired) electrons. The molecule has 0 spiro atoms. The van der Waals surface area contributed by atoms with Gasteiger partial charge in [-0.3, -0.25) is 0 Å². The summed E-state index contributed by atoms with van der Waals surface area (Å²) in [7, 11) is 0. The van der Waals surface area contributed by atoms with Crippen LogP contribution < -0.4 is 4.74 Å². The van der Waals surface area contributed by atoms with E-state index in [9.17, 15) is 13.9 Å². The molecule has 4 heteroatoms. The molecule has 2 aromatic rings. The molecule has 1 unspecified atom stereocenters. The number of aliphatic hydroxyl groups excluding tert-OH is 1. The van der Waals surface area contributed by atoms with E-state index in [1.54, 1.807) is 0 Å². The van der Waals surface area contributed by atoms with Gasteiger partial charge in [0.25, 0.3) is 0 Å². The van der Waals surface area contributed by atoms with E-state index in [-0.39, 0.29) is 12.4 Å². The fraction of sp³-hybridized carbons (Fsp3) is 0.250. The molecule has 0 aliphatic rings. The zero-order valence-electron chi connectivity index (χ0n) is 11.4. The number of ether oxygens (including phenoxy) is 1. The SMILES string of the molecule is Cc1ccc(C(O)COc2cc(F)cc(F)c2)c(C)c1. The Morgan fingerprint density at radius 2 is 1.70 bits per heavy atom. The van der Waals surface area contributed by atoms with Gasteiger partial charge in [0.2, 0.25) is 0 Å². The van der Waals surface area contributed by atoms with E-state index in [0.717, 1.165) is 34.9 Å². The summed E-state index contributed by atoms with van der Waals surface area (Å²) in [6, 6.07) is 8.61. The largest absolute Gasteiger partial charge is 0.490 e. The summed E-state index contributed by atoms with van der Waals surface area (Å²) in [6.07, 6.45) is -0.845. The second-order valence-electron chi connectivity index (χ2n) is 4.79. The summed E-state index contributed by atoms with van der Waals surface area (Å²) >= 11 is 0. The minimum atomic E-state index is -0.845. The molecule has 0 heterocycles. The third-order valence-corrected chi connectivity index (χ3v) is 3.03. The molecular weight excluding hydrogens is 262 g/mol. The first-order valence-corrected chi connectivity index (χ1v) is 6.30. The third-order valence-electron chi connectivity index (χ3n) is 3.03. The van der Waals surface area contributed by atoms with E-state index >= 15 is 0 Å². The lowest BCUT2D eigenvalue weighted by molar-refractivity contribution is 0.107. The molecule has 1 N–H and O–H groups in total. The zero-order valence-corrected chi connectivity index (χ0v) is 11.4. The maximum Gasteiger partial charge on any atom is 0.129 e. The average Bonchev–Trinajstić information content (AvgIpc) is 2.35. The molecule has 1 atom stereocenters. The highest BCUT2D eigenvalue weighted by Gasteiger charge is 2.12. The molecule has 2 aromatic carbocycles. The monoisotopic (exact) mass is 278 g/mol. The highest BCUT2D eigenvalue weighted by Crippen LogP contribution is 2.21. The summed E-state index contributed by atoms with van der Waals surface area (Å²) in [4.78, 5) is 0. The smallest absolute Gasteiger partial charge is 0.129 e. The molecule has 0 aromatic heterocycles. The van der Waals surface area contributed by atoms with E-state index in [2.05, 4.69) is 0 Å². The van der Waals surface area contributed by atoms with E-state index in [0.29, 0.717) is 0 Å². The Morgan fingerprint density at radius 3 is 2.30 bits per heavy atom. The highest BCUT2D eigenvalue weighted by molar-refractivity contribution is 5.32. The van der Waals surface area contributed by atoms with Crippen LogP contribution in [0.15, 0.2) is 36.4 Å². The Morgan fingerprint density at radius 1 is 1.05 bits per heavy atom. The van der Waals surface area contributed by atoms with Gasteiger partial charge < -0.3 is 9.84 Å². The van der Waals surface area contributed by atoms with Crippen LogP contribution in [0.3, 0.4) is 0 Å². The lowest BCUT2D eigenvalue weighted by Crippen LogP contribution is -2.11. The van der Waals surface area contributed by atoms with Crippen molar-refractivity contribution in [3.05, 3.63) is 64.7 Å². The quantitative estimate of drug-likeness (QED) is 0.924. The molecule has 2 rings (SSSR count). The van der Waals surface area contributed by atoms with Crippen molar-refractivity contribution in [3.63, 3.8) is 0 Å². The van der Waals surface area contributed by atoms with E-state index in [4.69, 9.17) is 4.74 Å². The van der Waals surface area contributed by atoms with Gasteiger partial charge in [0.15, 0.2) is 0 Å². The number of aliphatic hydroxyl groups is 1. The van der Waals surface area contributed by atoms with Gasteiger partial charge in [-0.05, 0) is 25.0 Å². The molecule has 0 amide bonds. The van der Waals surface area contributed by atoms with Crippen LogP contribution in [0.1, 0.15) is 22.8 Å². The van der Waals surface area contributed by atoms with Crippen LogP contribution in [0.4, 0.5) is 8.78 Å². The van der Waals surface area contributed by atoms with Crippen LogP contribution in [0.2, 0.25) is 0 Å². The average molecular weight is 278 g/mol. The Kier molecular flexibility index (Phi) is 4.35. The Hall–Kier alpha value is -1.94. The van der Waals surface area contributed by atoms with Gasteiger partial charge in [0.1, 0.15) is 30.1 Å². The molecule has 0 aliphatic carbocycles.